The molecule has 20 heavy (non-hydrogen) atoms. The molecular formula is C12H19N5O2S. The quantitative estimate of drug-likeness (QED) is 0.517. The van der Waals surface area contributed by atoms with Crippen LogP contribution in [-0.4, -0.2) is 43.5 Å². The van der Waals surface area contributed by atoms with Crippen molar-refractivity contribution in [1.82, 2.24) is 14.6 Å². The van der Waals surface area contributed by atoms with Gasteiger partial charge in [0.2, 0.25) is 10.0 Å². The highest BCUT2D eigenvalue weighted by molar-refractivity contribution is 7.89. The molecule has 2 fully saturated rings. The van der Waals surface area contributed by atoms with Crippen LogP contribution in [0.5, 0.6) is 0 Å². The van der Waals surface area contributed by atoms with Gasteiger partial charge in [0.15, 0.2) is 0 Å². The number of anilines is 1. The number of nitrogens with one attached hydrogen (secondary N) is 2. The van der Waals surface area contributed by atoms with E-state index in [-0.39, 0.29) is 10.9 Å². The van der Waals surface area contributed by atoms with Gasteiger partial charge in [0.25, 0.3) is 0 Å². The van der Waals surface area contributed by atoms with Crippen LogP contribution in [0.25, 0.3) is 0 Å². The summed E-state index contributed by atoms with van der Waals surface area (Å²) in [6.07, 6.45) is 6.14. The number of sulfonamides is 1. The number of rotatable bonds is 5. The highest BCUT2D eigenvalue weighted by Gasteiger charge is 2.36. The van der Waals surface area contributed by atoms with Crippen LogP contribution in [0.15, 0.2) is 23.4 Å². The summed E-state index contributed by atoms with van der Waals surface area (Å²) in [5, 5.41) is 0. The Morgan fingerprint density at radius 2 is 2.15 bits per heavy atom. The zero-order valence-electron chi connectivity index (χ0n) is 11.1. The fourth-order valence-electron chi connectivity index (χ4n) is 2.65. The number of pyridine rings is 1. The summed E-state index contributed by atoms with van der Waals surface area (Å²) < 4.78 is 27.5. The zero-order chi connectivity index (χ0) is 14.2. The third-order valence-electron chi connectivity index (χ3n) is 3.83. The number of nitrogens with zero attached hydrogens (tertiary/aromatic N) is 2. The summed E-state index contributed by atoms with van der Waals surface area (Å²) >= 11 is 0. The molecule has 1 atom stereocenters. The summed E-state index contributed by atoms with van der Waals surface area (Å²) in [6, 6.07) is 2.18. The number of nitrogen functional groups attached to an aromatic ring is 1. The molecular weight excluding hydrogens is 278 g/mol. The molecule has 1 unspecified atom stereocenters. The SMILES string of the molecule is NNc1ccncc1S(=O)(=O)NC1CCN(C2CC2)C1. The lowest BCUT2D eigenvalue weighted by atomic mass is 10.3. The Labute approximate surface area is 118 Å². The molecule has 1 aliphatic carbocycles. The Morgan fingerprint density at radius 3 is 2.85 bits per heavy atom. The van der Waals surface area contributed by atoms with E-state index in [1.807, 2.05) is 0 Å². The number of hydrazine groups is 1. The highest BCUT2D eigenvalue weighted by Crippen LogP contribution is 2.30. The second kappa shape index (κ2) is 5.28. The lowest BCUT2D eigenvalue weighted by Gasteiger charge is -2.16. The van der Waals surface area contributed by atoms with Crippen molar-refractivity contribution in [2.24, 2.45) is 5.84 Å². The van der Waals surface area contributed by atoms with Crippen molar-refractivity contribution in [1.29, 1.82) is 0 Å². The van der Waals surface area contributed by atoms with Crippen molar-refractivity contribution in [2.45, 2.75) is 36.2 Å². The second-order valence-corrected chi connectivity index (χ2v) is 7.03. The third kappa shape index (κ3) is 2.78. The number of aromatic nitrogens is 1. The normalized spacial score (nSPS) is 23.9. The van der Waals surface area contributed by atoms with Crippen molar-refractivity contribution >= 4 is 15.7 Å². The Morgan fingerprint density at radius 1 is 1.35 bits per heavy atom. The van der Waals surface area contributed by atoms with Crippen molar-refractivity contribution in [3.63, 3.8) is 0 Å². The molecule has 1 aromatic rings. The molecule has 1 aliphatic heterocycles. The first-order valence-corrected chi connectivity index (χ1v) is 8.25. The minimum Gasteiger partial charge on any atom is -0.323 e. The Bertz CT molecular complexity index is 587. The number of hydrogen-bond donors (Lipinski definition) is 3. The van der Waals surface area contributed by atoms with Crippen molar-refractivity contribution in [3.05, 3.63) is 18.5 Å². The van der Waals surface area contributed by atoms with Crippen molar-refractivity contribution < 1.29 is 8.42 Å². The minimum atomic E-state index is -3.60. The molecule has 7 nitrogen and oxygen atoms in total. The minimum absolute atomic E-state index is 0.0357. The van der Waals surface area contributed by atoms with Crippen molar-refractivity contribution in [3.8, 4) is 0 Å². The largest absolute Gasteiger partial charge is 0.323 e. The van der Waals surface area contributed by atoms with E-state index in [0.29, 0.717) is 11.7 Å². The van der Waals surface area contributed by atoms with Crippen LogP contribution in [0, 0.1) is 0 Å². The molecule has 4 N–H and O–H groups in total. The van der Waals surface area contributed by atoms with Gasteiger partial charge in [0.1, 0.15) is 4.90 Å². The van der Waals surface area contributed by atoms with Crippen LogP contribution in [0.2, 0.25) is 0 Å². The average molecular weight is 297 g/mol. The van der Waals surface area contributed by atoms with E-state index in [1.165, 1.54) is 25.2 Å². The maximum atomic E-state index is 12.4. The van der Waals surface area contributed by atoms with Crippen LogP contribution >= 0.6 is 0 Å². The first kappa shape index (κ1) is 13.7. The summed E-state index contributed by atoms with van der Waals surface area (Å²) in [7, 11) is -3.60. The maximum Gasteiger partial charge on any atom is 0.244 e. The van der Waals surface area contributed by atoms with E-state index in [1.54, 1.807) is 6.07 Å². The molecule has 1 saturated carbocycles. The molecule has 3 rings (SSSR count). The number of likely N-dealkylation sites (tertiary alicyclic amines) is 1. The Balaban J connectivity index is 1.72. The van der Waals surface area contributed by atoms with Crippen LogP contribution in [0.1, 0.15) is 19.3 Å². The smallest absolute Gasteiger partial charge is 0.244 e. The summed E-state index contributed by atoms with van der Waals surface area (Å²) in [5.74, 6) is 5.35. The van der Waals surface area contributed by atoms with E-state index < -0.39 is 10.0 Å². The molecule has 0 spiro atoms. The maximum absolute atomic E-state index is 12.4. The van der Waals surface area contributed by atoms with Gasteiger partial charge in [-0.15, -0.1) is 0 Å². The third-order valence-corrected chi connectivity index (χ3v) is 5.38. The molecule has 110 valence electrons. The molecule has 0 amide bonds. The standard InChI is InChI=1S/C12H19N5O2S/c13-15-11-3-5-14-7-12(11)20(18,19)16-9-4-6-17(8-9)10-1-2-10/h3,5,7,9-10,16H,1-2,4,6,8,13H2,(H,14,15). The van der Waals surface area contributed by atoms with Gasteiger partial charge in [-0.25, -0.2) is 13.1 Å². The van der Waals surface area contributed by atoms with Crippen molar-refractivity contribution in [2.75, 3.05) is 18.5 Å². The van der Waals surface area contributed by atoms with E-state index >= 15 is 0 Å². The average Bonchev–Trinajstić information content (AvgIpc) is 3.20. The zero-order valence-corrected chi connectivity index (χ0v) is 11.9. The highest BCUT2D eigenvalue weighted by atomic mass is 32.2. The van der Waals surface area contributed by atoms with Gasteiger partial charge in [-0.3, -0.25) is 15.7 Å². The summed E-state index contributed by atoms with van der Waals surface area (Å²) in [6.45, 7) is 1.75. The lowest BCUT2D eigenvalue weighted by Crippen LogP contribution is -2.37. The van der Waals surface area contributed by atoms with Gasteiger partial charge < -0.3 is 5.43 Å². The van der Waals surface area contributed by atoms with Gasteiger partial charge in [-0.2, -0.15) is 0 Å². The van der Waals surface area contributed by atoms with Crippen LogP contribution in [0.3, 0.4) is 0 Å². The van der Waals surface area contributed by atoms with Crippen LogP contribution in [0.4, 0.5) is 5.69 Å². The van der Waals surface area contributed by atoms with Crippen LogP contribution < -0.4 is 16.0 Å². The molecule has 0 radical (unpaired) electrons. The van der Waals surface area contributed by atoms with E-state index in [2.05, 4.69) is 20.0 Å². The van der Waals surface area contributed by atoms with Crippen LogP contribution in [-0.2, 0) is 10.0 Å². The monoisotopic (exact) mass is 297 g/mol. The van der Waals surface area contributed by atoms with Gasteiger partial charge >= 0.3 is 0 Å². The fourth-order valence-corrected chi connectivity index (χ4v) is 4.03. The van der Waals surface area contributed by atoms with Gasteiger partial charge in [-0.1, -0.05) is 0 Å². The number of hydrogen-bond acceptors (Lipinski definition) is 6. The van der Waals surface area contributed by atoms with E-state index in [4.69, 9.17) is 5.84 Å². The molecule has 8 heteroatoms. The van der Waals surface area contributed by atoms with E-state index in [0.717, 1.165) is 19.5 Å². The lowest BCUT2D eigenvalue weighted by molar-refractivity contribution is 0.322. The first-order chi connectivity index (χ1) is 9.60. The first-order valence-electron chi connectivity index (χ1n) is 6.77. The molecule has 2 aliphatic rings. The van der Waals surface area contributed by atoms with Gasteiger partial charge in [0.05, 0.1) is 5.69 Å². The number of nitrogens with two attached hydrogens (primary N) is 1. The van der Waals surface area contributed by atoms with Gasteiger partial charge in [0, 0.05) is 37.6 Å². The molecule has 1 saturated heterocycles. The molecule has 0 bridgehead atoms. The van der Waals surface area contributed by atoms with E-state index in [9.17, 15) is 8.42 Å². The van der Waals surface area contributed by atoms with Gasteiger partial charge in [-0.05, 0) is 25.3 Å². The summed E-state index contributed by atoms with van der Waals surface area (Å²) in [5.41, 5.74) is 2.75. The molecule has 0 aromatic carbocycles. The predicted octanol–water partition coefficient (Wildman–Crippen LogP) is -0.118. The Kier molecular flexibility index (Phi) is 3.63. The molecule has 1 aromatic heterocycles. The molecule has 2 heterocycles. The second-order valence-electron chi connectivity index (χ2n) is 5.35. The summed E-state index contributed by atoms with van der Waals surface area (Å²) in [4.78, 5) is 6.31. The topological polar surface area (TPSA) is 100 Å². The predicted molar refractivity (Wildman–Crippen MR) is 75.4 cm³/mol. The fraction of sp³-hybridized carbons (Fsp3) is 0.583. The Hall–Kier alpha value is -1.22.